The third-order valence-electron chi connectivity index (χ3n) is 3.93. The van der Waals surface area contributed by atoms with E-state index in [1.807, 2.05) is 0 Å². The minimum atomic E-state index is -0.143. The fraction of sp³-hybridized carbons (Fsp3) is 0.538. The molecular formula is C13H15ClN4O2. The lowest BCUT2D eigenvalue weighted by atomic mass is 9.85. The van der Waals surface area contributed by atoms with Crippen LogP contribution < -0.4 is 5.32 Å². The van der Waals surface area contributed by atoms with E-state index in [0.717, 1.165) is 12.8 Å². The summed E-state index contributed by atoms with van der Waals surface area (Å²) in [4.78, 5) is 33.4. The zero-order valence-electron chi connectivity index (χ0n) is 10.9. The highest BCUT2D eigenvalue weighted by Crippen LogP contribution is 2.26. The quantitative estimate of drug-likeness (QED) is 0.834. The number of nitrogens with one attached hydrogen (secondary N) is 1. The number of rotatable bonds is 1. The van der Waals surface area contributed by atoms with Gasteiger partial charge in [0.25, 0.3) is 5.91 Å². The molecule has 1 N–H and O–H groups in total. The Kier molecular flexibility index (Phi) is 3.56. The Morgan fingerprint density at radius 3 is 3.05 bits per heavy atom. The highest BCUT2D eigenvalue weighted by molar-refractivity contribution is 6.29. The van der Waals surface area contributed by atoms with Gasteiger partial charge in [-0.05, 0) is 18.8 Å². The van der Waals surface area contributed by atoms with Gasteiger partial charge in [-0.2, -0.15) is 0 Å². The molecule has 20 heavy (non-hydrogen) atoms. The zero-order chi connectivity index (χ0) is 14.1. The molecular weight excluding hydrogens is 280 g/mol. The average molecular weight is 295 g/mol. The fourth-order valence-corrected chi connectivity index (χ4v) is 3.05. The van der Waals surface area contributed by atoms with Crippen molar-refractivity contribution in [1.82, 2.24) is 20.2 Å². The lowest BCUT2D eigenvalue weighted by Gasteiger charge is -2.41. The van der Waals surface area contributed by atoms with Gasteiger partial charge in [-0.15, -0.1) is 0 Å². The Labute approximate surface area is 121 Å². The summed E-state index contributed by atoms with van der Waals surface area (Å²) in [5, 5.41) is 3.22. The molecule has 2 aliphatic rings. The Morgan fingerprint density at radius 2 is 2.25 bits per heavy atom. The van der Waals surface area contributed by atoms with Gasteiger partial charge in [0.2, 0.25) is 5.91 Å². The summed E-state index contributed by atoms with van der Waals surface area (Å²) in [6.45, 7) is 1.27. The molecule has 2 unspecified atom stereocenters. The highest BCUT2D eigenvalue weighted by Gasteiger charge is 2.35. The third kappa shape index (κ3) is 2.60. The predicted octanol–water partition coefficient (Wildman–Crippen LogP) is 0.871. The van der Waals surface area contributed by atoms with E-state index >= 15 is 0 Å². The molecule has 7 heteroatoms. The molecule has 2 fully saturated rings. The Morgan fingerprint density at radius 1 is 1.40 bits per heavy atom. The molecule has 0 spiro atoms. The van der Waals surface area contributed by atoms with Crippen LogP contribution in [0, 0.1) is 5.92 Å². The standard InChI is InChI=1S/C13H15ClN4O2/c14-11-6-15-5-10(16-11)13(20)18-4-3-9-8(7-18)1-2-12(19)17-9/h5-6,8-9H,1-4,7H2,(H,17,19). The van der Waals surface area contributed by atoms with Crippen LogP contribution in [-0.2, 0) is 4.79 Å². The van der Waals surface area contributed by atoms with Gasteiger partial charge in [-0.25, -0.2) is 4.98 Å². The van der Waals surface area contributed by atoms with Gasteiger partial charge in [0.1, 0.15) is 10.8 Å². The van der Waals surface area contributed by atoms with E-state index in [1.54, 1.807) is 4.90 Å². The number of amides is 2. The summed E-state index contributed by atoms with van der Waals surface area (Å²) >= 11 is 5.76. The van der Waals surface area contributed by atoms with E-state index in [4.69, 9.17) is 11.6 Å². The maximum atomic E-state index is 12.4. The first-order valence-electron chi connectivity index (χ1n) is 6.69. The number of fused-ring (bicyclic) bond motifs is 1. The summed E-state index contributed by atoms with van der Waals surface area (Å²) in [6, 6.07) is 0.200. The first kappa shape index (κ1) is 13.3. The van der Waals surface area contributed by atoms with Crippen LogP contribution in [-0.4, -0.2) is 45.8 Å². The third-order valence-corrected chi connectivity index (χ3v) is 4.12. The molecule has 3 heterocycles. The van der Waals surface area contributed by atoms with Crippen molar-refractivity contribution in [3.63, 3.8) is 0 Å². The van der Waals surface area contributed by atoms with Gasteiger partial charge >= 0.3 is 0 Å². The second kappa shape index (κ2) is 5.36. The Hall–Kier alpha value is -1.69. The number of aromatic nitrogens is 2. The second-order valence-corrected chi connectivity index (χ2v) is 5.63. The second-order valence-electron chi connectivity index (χ2n) is 5.24. The van der Waals surface area contributed by atoms with Crippen LogP contribution in [0.3, 0.4) is 0 Å². The van der Waals surface area contributed by atoms with Gasteiger partial charge in [0.15, 0.2) is 0 Å². The lowest BCUT2D eigenvalue weighted by Crippen LogP contribution is -2.55. The van der Waals surface area contributed by atoms with E-state index in [-0.39, 0.29) is 28.7 Å². The average Bonchev–Trinajstić information content (AvgIpc) is 2.46. The van der Waals surface area contributed by atoms with Gasteiger partial charge in [0, 0.05) is 25.6 Å². The van der Waals surface area contributed by atoms with Crippen molar-refractivity contribution >= 4 is 23.4 Å². The normalized spacial score (nSPS) is 25.9. The van der Waals surface area contributed by atoms with Gasteiger partial charge in [0.05, 0.1) is 12.4 Å². The molecule has 0 bridgehead atoms. The topological polar surface area (TPSA) is 75.2 Å². The number of hydrogen-bond donors (Lipinski definition) is 1. The molecule has 3 rings (SSSR count). The molecule has 2 saturated heterocycles. The Bertz CT molecular complexity index is 551. The van der Waals surface area contributed by atoms with E-state index in [1.165, 1.54) is 12.4 Å². The molecule has 0 aliphatic carbocycles. The summed E-state index contributed by atoms with van der Waals surface area (Å²) < 4.78 is 0. The lowest BCUT2D eigenvalue weighted by molar-refractivity contribution is -0.125. The minimum Gasteiger partial charge on any atom is -0.353 e. The predicted molar refractivity (Wildman–Crippen MR) is 72.2 cm³/mol. The molecule has 2 amide bonds. The molecule has 2 aliphatic heterocycles. The molecule has 2 atom stereocenters. The van der Waals surface area contributed by atoms with Crippen molar-refractivity contribution in [2.45, 2.75) is 25.3 Å². The number of nitrogens with zero attached hydrogens (tertiary/aromatic N) is 3. The van der Waals surface area contributed by atoms with E-state index in [0.29, 0.717) is 25.4 Å². The number of carbonyl (C=O) groups is 2. The first-order chi connectivity index (χ1) is 9.63. The van der Waals surface area contributed by atoms with Crippen molar-refractivity contribution in [3.05, 3.63) is 23.2 Å². The molecule has 106 valence electrons. The van der Waals surface area contributed by atoms with Crippen molar-refractivity contribution in [2.75, 3.05) is 13.1 Å². The van der Waals surface area contributed by atoms with Crippen molar-refractivity contribution in [3.8, 4) is 0 Å². The molecule has 0 radical (unpaired) electrons. The molecule has 0 saturated carbocycles. The summed E-state index contributed by atoms with van der Waals surface area (Å²) in [5.41, 5.74) is 0.274. The maximum absolute atomic E-state index is 12.4. The van der Waals surface area contributed by atoms with Crippen LogP contribution in [0.5, 0.6) is 0 Å². The number of carbonyl (C=O) groups excluding carboxylic acids is 2. The zero-order valence-corrected chi connectivity index (χ0v) is 11.6. The van der Waals surface area contributed by atoms with E-state index in [2.05, 4.69) is 15.3 Å². The van der Waals surface area contributed by atoms with Crippen molar-refractivity contribution < 1.29 is 9.59 Å². The number of hydrogen-bond acceptors (Lipinski definition) is 4. The SMILES string of the molecule is O=C1CCC2CN(C(=O)c3cncc(Cl)n3)CCC2N1. The monoisotopic (exact) mass is 294 g/mol. The van der Waals surface area contributed by atoms with Crippen LogP contribution >= 0.6 is 11.6 Å². The van der Waals surface area contributed by atoms with Gasteiger partial charge in [-0.1, -0.05) is 11.6 Å². The summed E-state index contributed by atoms with van der Waals surface area (Å²) in [5.74, 6) is 0.305. The van der Waals surface area contributed by atoms with Crippen LogP contribution in [0.15, 0.2) is 12.4 Å². The molecule has 1 aromatic heterocycles. The molecule has 0 aromatic carbocycles. The Balaban J connectivity index is 1.70. The summed E-state index contributed by atoms with van der Waals surface area (Å²) in [6.07, 6.45) is 5.00. The van der Waals surface area contributed by atoms with Crippen LogP contribution in [0.4, 0.5) is 0 Å². The van der Waals surface area contributed by atoms with Crippen molar-refractivity contribution in [1.29, 1.82) is 0 Å². The number of piperidine rings is 2. The smallest absolute Gasteiger partial charge is 0.274 e. The minimum absolute atomic E-state index is 0.117. The molecule has 1 aromatic rings. The maximum Gasteiger partial charge on any atom is 0.274 e. The van der Waals surface area contributed by atoms with E-state index in [9.17, 15) is 9.59 Å². The van der Waals surface area contributed by atoms with E-state index < -0.39 is 0 Å². The first-order valence-corrected chi connectivity index (χ1v) is 7.07. The van der Waals surface area contributed by atoms with Crippen LogP contribution in [0.25, 0.3) is 0 Å². The van der Waals surface area contributed by atoms with Gasteiger partial charge in [-0.3, -0.25) is 14.6 Å². The van der Waals surface area contributed by atoms with Crippen LogP contribution in [0.1, 0.15) is 29.8 Å². The summed E-state index contributed by atoms with van der Waals surface area (Å²) in [7, 11) is 0. The molecule has 6 nitrogen and oxygen atoms in total. The van der Waals surface area contributed by atoms with Gasteiger partial charge < -0.3 is 10.2 Å². The highest BCUT2D eigenvalue weighted by atomic mass is 35.5. The van der Waals surface area contributed by atoms with Crippen LogP contribution in [0.2, 0.25) is 5.15 Å². The number of likely N-dealkylation sites (tertiary alicyclic amines) is 1. The fourth-order valence-electron chi connectivity index (χ4n) is 2.90. The van der Waals surface area contributed by atoms with Crippen molar-refractivity contribution in [2.24, 2.45) is 5.92 Å². The largest absolute Gasteiger partial charge is 0.353 e. The number of halogens is 1.